The third-order valence-corrected chi connectivity index (χ3v) is 1.11. The minimum atomic E-state index is -0.943. The Balaban J connectivity index is 4.18. The van der Waals surface area contributed by atoms with Gasteiger partial charge in [0.25, 0.3) is 0 Å². The number of rotatable bonds is 4. The van der Waals surface area contributed by atoms with Crippen LogP contribution in [0.1, 0.15) is 13.8 Å². The first-order valence-electron chi connectivity index (χ1n) is 3.91. The second-order valence-corrected chi connectivity index (χ2v) is 2.41. The van der Waals surface area contributed by atoms with E-state index in [0.717, 1.165) is 0 Å². The van der Waals surface area contributed by atoms with Crippen LogP contribution in [0.25, 0.3) is 0 Å². The first kappa shape index (κ1) is 12.2. The highest BCUT2D eigenvalue weighted by Gasteiger charge is 2.10. The van der Waals surface area contributed by atoms with Crippen molar-refractivity contribution >= 4 is 11.9 Å². The molecule has 0 fully saturated rings. The van der Waals surface area contributed by atoms with E-state index in [1.807, 2.05) is 0 Å². The molecule has 0 unspecified atom stereocenters. The van der Waals surface area contributed by atoms with Gasteiger partial charge in [-0.15, -0.1) is 0 Å². The lowest BCUT2D eigenvalue weighted by Crippen LogP contribution is -2.09. The summed E-state index contributed by atoms with van der Waals surface area (Å²) in [7, 11) is 0. The Bertz CT molecular complexity index is 277. The Morgan fingerprint density at radius 3 is 2.43 bits per heavy atom. The van der Waals surface area contributed by atoms with Gasteiger partial charge in [-0.1, -0.05) is 6.58 Å². The molecular weight excluding hydrogens is 188 g/mol. The number of carbonyl (C=O) groups excluding carboxylic acids is 2. The fourth-order valence-electron chi connectivity index (χ4n) is 0.463. The lowest BCUT2D eigenvalue weighted by molar-refractivity contribution is -0.142. The predicted octanol–water partition coefficient (Wildman–Crippen LogP) is 1.07. The highest BCUT2D eigenvalue weighted by atomic mass is 16.6. The molecule has 0 radical (unpaired) electrons. The molecule has 5 nitrogen and oxygen atoms in total. The highest BCUT2D eigenvalue weighted by molar-refractivity contribution is 5.89. The number of ether oxygens (including phenoxy) is 2. The van der Waals surface area contributed by atoms with E-state index in [-0.39, 0.29) is 12.2 Å². The Morgan fingerprint density at radius 1 is 1.43 bits per heavy atom. The second-order valence-electron chi connectivity index (χ2n) is 2.41. The Hall–Kier alpha value is -1.78. The molecule has 0 amide bonds. The van der Waals surface area contributed by atoms with Crippen molar-refractivity contribution in [1.82, 2.24) is 0 Å². The van der Waals surface area contributed by atoms with E-state index in [1.165, 1.54) is 6.92 Å². The third kappa shape index (κ3) is 4.30. The second kappa shape index (κ2) is 5.80. The molecule has 0 aliphatic carbocycles. The monoisotopic (exact) mass is 200 g/mol. The van der Waals surface area contributed by atoms with E-state index in [9.17, 15) is 9.59 Å². The SMILES string of the molecule is C=C(C)C(=O)O/C=C(\O)C(=O)OCC. The molecule has 0 aliphatic heterocycles. The fraction of sp³-hybridized carbons (Fsp3) is 0.333. The van der Waals surface area contributed by atoms with E-state index in [1.54, 1.807) is 6.92 Å². The highest BCUT2D eigenvalue weighted by Crippen LogP contribution is 1.97. The third-order valence-electron chi connectivity index (χ3n) is 1.11. The van der Waals surface area contributed by atoms with Crippen LogP contribution < -0.4 is 0 Å². The quantitative estimate of drug-likeness (QED) is 0.417. The van der Waals surface area contributed by atoms with Crippen molar-refractivity contribution in [1.29, 1.82) is 0 Å². The van der Waals surface area contributed by atoms with Gasteiger partial charge in [-0.05, 0) is 13.8 Å². The maximum atomic E-state index is 10.8. The molecule has 0 saturated heterocycles. The Kier molecular flexibility index (Phi) is 5.06. The van der Waals surface area contributed by atoms with Gasteiger partial charge in [0, 0.05) is 5.57 Å². The van der Waals surface area contributed by atoms with Crippen molar-refractivity contribution in [3.63, 3.8) is 0 Å². The Morgan fingerprint density at radius 2 is 2.00 bits per heavy atom. The van der Waals surface area contributed by atoms with Crippen molar-refractivity contribution in [3.8, 4) is 0 Å². The average Bonchev–Trinajstić information content (AvgIpc) is 2.13. The molecule has 0 bridgehead atoms. The van der Waals surface area contributed by atoms with Crippen LogP contribution in [0.3, 0.4) is 0 Å². The van der Waals surface area contributed by atoms with Gasteiger partial charge in [0.15, 0.2) is 0 Å². The number of hydrogen-bond donors (Lipinski definition) is 1. The van der Waals surface area contributed by atoms with Gasteiger partial charge in [-0.3, -0.25) is 0 Å². The first-order chi connectivity index (χ1) is 6.49. The summed E-state index contributed by atoms with van der Waals surface area (Å²) in [5.74, 6) is -2.43. The first-order valence-corrected chi connectivity index (χ1v) is 3.91. The van der Waals surface area contributed by atoms with E-state index < -0.39 is 17.7 Å². The molecule has 0 spiro atoms. The molecule has 0 rings (SSSR count). The fourth-order valence-corrected chi connectivity index (χ4v) is 0.463. The maximum Gasteiger partial charge on any atom is 0.376 e. The summed E-state index contributed by atoms with van der Waals surface area (Å²) in [5, 5.41) is 8.96. The van der Waals surface area contributed by atoms with Crippen LogP contribution in [0.15, 0.2) is 24.2 Å². The van der Waals surface area contributed by atoms with Gasteiger partial charge in [0.2, 0.25) is 5.76 Å². The van der Waals surface area contributed by atoms with E-state index in [4.69, 9.17) is 5.11 Å². The zero-order valence-electron chi connectivity index (χ0n) is 8.07. The van der Waals surface area contributed by atoms with E-state index in [0.29, 0.717) is 6.26 Å². The number of carbonyl (C=O) groups is 2. The molecule has 0 saturated carbocycles. The molecule has 14 heavy (non-hydrogen) atoms. The van der Waals surface area contributed by atoms with Crippen molar-refractivity contribution in [2.24, 2.45) is 0 Å². The van der Waals surface area contributed by atoms with Crippen LogP contribution in [-0.4, -0.2) is 23.7 Å². The summed E-state index contributed by atoms with van der Waals surface area (Å²) in [6.07, 6.45) is 0.620. The molecule has 0 aromatic carbocycles. The van der Waals surface area contributed by atoms with Gasteiger partial charge in [0.1, 0.15) is 6.26 Å². The molecule has 1 N–H and O–H groups in total. The Labute approximate surface area is 81.6 Å². The van der Waals surface area contributed by atoms with Gasteiger partial charge in [-0.25, -0.2) is 9.59 Å². The van der Waals surface area contributed by atoms with Crippen LogP contribution >= 0.6 is 0 Å². The summed E-state index contributed by atoms with van der Waals surface area (Å²) >= 11 is 0. The zero-order chi connectivity index (χ0) is 11.1. The molecule has 0 aliphatic rings. The van der Waals surface area contributed by atoms with Crippen LogP contribution in [0.5, 0.6) is 0 Å². The van der Waals surface area contributed by atoms with Crippen molar-refractivity contribution in [2.45, 2.75) is 13.8 Å². The maximum absolute atomic E-state index is 10.8. The van der Waals surface area contributed by atoms with Crippen molar-refractivity contribution in [2.75, 3.05) is 6.61 Å². The molecule has 0 aromatic heterocycles. The van der Waals surface area contributed by atoms with E-state index >= 15 is 0 Å². The van der Waals surface area contributed by atoms with Crippen molar-refractivity contribution < 1.29 is 24.2 Å². The standard InChI is InChI=1S/C9H12O5/c1-4-13-9(12)7(10)5-14-8(11)6(2)3/h5,10H,2,4H2,1,3H3/b7-5-. The lowest BCUT2D eigenvalue weighted by Gasteiger charge is -2.00. The molecule has 0 atom stereocenters. The minimum Gasteiger partial charge on any atom is -0.500 e. The topological polar surface area (TPSA) is 72.8 Å². The van der Waals surface area contributed by atoms with Crippen molar-refractivity contribution in [3.05, 3.63) is 24.2 Å². The van der Waals surface area contributed by atoms with Crippen LogP contribution in [0.2, 0.25) is 0 Å². The molecular formula is C9H12O5. The number of esters is 2. The number of aliphatic hydroxyl groups excluding tert-OH is 1. The van der Waals surface area contributed by atoms with Crippen LogP contribution in [-0.2, 0) is 19.1 Å². The van der Waals surface area contributed by atoms with Gasteiger partial charge in [-0.2, -0.15) is 0 Å². The number of aliphatic hydroxyl groups is 1. The van der Waals surface area contributed by atoms with Gasteiger partial charge < -0.3 is 14.6 Å². The summed E-state index contributed by atoms with van der Waals surface area (Å²) in [4.78, 5) is 21.6. The van der Waals surface area contributed by atoms with Gasteiger partial charge in [0.05, 0.1) is 6.61 Å². The number of hydrogen-bond acceptors (Lipinski definition) is 5. The largest absolute Gasteiger partial charge is 0.500 e. The smallest absolute Gasteiger partial charge is 0.376 e. The molecule has 0 aromatic rings. The van der Waals surface area contributed by atoms with Gasteiger partial charge >= 0.3 is 11.9 Å². The summed E-state index contributed by atoms with van der Waals surface area (Å²) in [6.45, 7) is 6.47. The predicted molar refractivity (Wildman–Crippen MR) is 48.3 cm³/mol. The molecule has 78 valence electrons. The zero-order valence-corrected chi connectivity index (χ0v) is 8.07. The summed E-state index contributed by atoms with van der Waals surface area (Å²) < 4.78 is 8.81. The van der Waals surface area contributed by atoms with Crippen LogP contribution in [0.4, 0.5) is 0 Å². The summed E-state index contributed by atoms with van der Waals surface area (Å²) in [5.41, 5.74) is 0.165. The average molecular weight is 200 g/mol. The lowest BCUT2D eigenvalue weighted by atomic mass is 10.4. The van der Waals surface area contributed by atoms with E-state index in [2.05, 4.69) is 16.1 Å². The normalized spacial score (nSPS) is 10.6. The summed E-state index contributed by atoms with van der Waals surface area (Å²) in [6, 6.07) is 0. The minimum absolute atomic E-state index is 0.130. The molecule has 5 heteroatoms. The molecule has 0 heterocycles. The van der Waals surface area contributed by atoms with Crippen LogP contribution in [0, 0.1) is 0 Å².